The summed E-state index contributed by atoms with van der Waals surface area (Å²) in [6.45, 7) is 1.65. The van der Waals surface area contributed by atoms with Crippen LogP contribution >= 0.6 is 11.8 Å². The number of carbonyl (C=O) groups is 1. The minimum Gasteiger partial charge on any atom is -0.355 e. The van der Waals surface area contributed by atoms with Gasteiger partial charge in [0, 0.05) is 42.5 Å². The van der Waals surface area contributed by atoms with Crippen molar-refractivity contribution in [2.75, 3.05) is 24.6 Å². The average molecular weight is 322 g/mol. The molecule has 120 valence electrons. The van der Waals surface area contributed by atoms with Crippen LogP contribution < -0.4 is 10.6 Å². The van der Waals surface area contributed by atoms with Crippen LogP contribution in [0.2, 0.25) is 0 Å². The van der Waals surface area contributed by atoms with Crippen LogP contribution in [0.15, 0.2) is 24.3 Å². The van der Waals surface area contributed by atoms with Crippen LogP contribution in [-0.4, -0.2) is 36.5 Å². The number of amides is 1. The molecule has 22 heavy (non-hydrogen) atoms. The third-order valence-corrected chi connectivity index (χ3v) is 5.95. The number of hydrogen-bond donors (Lipinski definition) is 2. The van der Waals surface area contributed by atoms with E-state index >= 15 is 0 Å². The molecule has 1 aliphatic heterocycles. The predicted molar refractivity (Wildman–Crippen MR) is 88.7 cm³/mol. The van der Waals surface area contributed by atoms with E-state index in [0.717, 1.165) is 36.5 Å². The van der Waals surface area contributed by atoms with Gasteiger partial charge in [0.05, 0.1) is 0 Å². The van der Waals surface area contributed by atoms with Crippen molar-refractivity contribution in [3.63, 3.8) is 0 Å². The minimum absolute atomic E-state index is 0.0120. The standard InChI is InChI=1S/C17H23FN2OS/c18-14-4-2-13(3-5-14)17(6-1-7-17)12-20-16(21)10-15-11-22-9-8-19-15/h2-5,15,19H,1,6-12H2,(H,20,21). The maximum Gasteiger partial charge on any atom is 0.221 e. The Morgan fingerprint density at radius 2 is 2.14 bits per heavy atom. The van der Waals surface area contributed by atoms with Crippen LogP contribution in [0, 0.1) is 5.82 Å². The van der Waals surface area contributed by atoms with E-state index in [0.29, 0.717) is 19.0 Å². The number of benzene rings is 1. The van der Waals surface area contributed by atoms with Gasteiger partial charge in [-0.3, -0.25) is 4.79 Å². The fraction of sp³-hybridized carbons (Fsp3) is 0.588. The van der Waals surface area contributed by atoms with Crippen molar-refractivity contribution in [2.45, 2.75) is 37.1 Å². The third kappa shape index (κ3) is 3.63. The number of carbonyl (C=O) groups excluding carboxylic acids is 1. The zero-order chi connectivity index (χ0) is 15.4. The molecule has 1 aliphatic carbocycles. The first kappa shape index (κ1) is 15.8. The number of hydrogen-bond acceptors (Lipinski definition) is 3. The smallest absolute Gasteiger partial charge is 0.221 e. The van der Waals surface area contributed by atoms with Gasteiger partial charge in [-0.15, -0.1) is 0 Å². The van der Waals surface area contributed by atoms with Crippen molar-refractivity contribution in [3.8, 4) is 0 Å². The molecule has 3 nitrogen and oxygen atoms in total. The molecule has 1 atom stereocenters. The van der Waals surface area contributed by atoms with Crippen molar-refractivity contribution < 1.29 is 9.18 Å². The first-order valence-electron chi connectivity index (χ1n) is 8.02. The van der Waals surface area contributed by atoms with Gasteiger partial charge >= 0.3 is 0 Å². The van der Waals surface area contributed by atoms with Gasteiger partial charge < -0.3 is 10.6 Å². The largest absolute Gasteiger partial charge is 0.355 e. The SMILES string of the molecule is O=C(CC1CSCCN1)NCC1(c2ccc(F)cc2)CCC1. The van der Waals surface area contributed by atoms with Gasteiger partial charge in [-0.2, -0.15) is 11.8 Å². The second kappa shape index (κ2) is 7.01. The van der Waals surface area contributed by atoms with Crippen LogP contribution in [0.4, 0.5) is 4.39 Å². The molecule has 2 aliphatic rings. The molecule has 1 aromatic carbocycles. The molecule has 2 N–H and O–H groups in total. The van der Waals surface area contributed by atoms with Crippen LogP contribution in [-0.2, 0) is 10.2 Å². The molecule has 0 radical (unpaired) electrons. The Labute approximate surface area is 135 Å². The van der Waals surface area contributed by atoms with Gasteiger partial charge in [0.15, 0.2) is 0 Å². The second-order valence-corrected chi connectivity index (χ2v) is 7.50. The Hall–Kier alpha value is -1.07. The van der Waals surface area contributed by atoms with Crippen LogP contribution in [0.1, 0.15) is 31.2 Å². The summed E-state index contributed by atoms with van der Waals surface area (Å²) >= 11 is 1.90. The lowest BCUT2D eigenvalue weighted by molar-refractivity contribution is -0.121. The lowest BCUT2D eigenvalue weighted by Crippen LogP contribution is -2.47. The maximum absolute atomic E-state index is 13.1. The molecule has 3 rings (SSSR count). The normalized spacial score (nSPS) is 23.6. The summed E-state index contributed by atoms with van der Waals surface area (Å²) in [4.78, 5) is 12.2. The molecule has 1 saturated heterocycles. The number of halogens is 1. The van der Waals surface area contributed by atoms with Gasteiger partial charge in [-0.05, 0) is 30.5 Å². The first-order chi connectivity index (χ1) is 10.7. The van der Waals surface area contributed by atoms with E-state index in [1.165, 1.54) is 18.6 Å². The minimum atomic E-state index is -0.205. The molecular formula is C17H23FN2OS. The zero-order valence-electron chi connectivity index (χ0n) is 12.7. The zero-order valence-corrected chi connectivity index (χ0v) is 13.6. The maximum atomic E-state index is 13.1. The molecule has 1 unspecified atom stereocenters. The van der Waals surface area contributed by atoms with Crippen molar-refractivity contribution in [3.05, 3.63) is 35.6 Å². The van der Waals surface area contributed by atoms with E-state index in [1.807, 2.05) is 23.9 Å². The molecule has 2 fully saturated rings. The molecule has 1 saturated carbocycles. The van der Waals surface area contributed by atoms with E-state index < -0.39 is 0 Å². The highest BCUT2D eigenvalue weighted by atomic mass is 32.2. The highest BCUT2D eigenvalue weighted by molar-refractivity contribution is 7.99. The fourth-order valence-corrected chi connectivity index (χ4v) is 4.24. The van der Waals surface area contributed by atoms with E-state index in [2.05, 4.69) is 10.6 Å². The van der Waals surface area contributed by atoms with Crippen molar-refractivity contribution >= 4 is 17.7 Å². The second-order valence-electron chi connectivity index (χ2n) is 6.35. The molecule has 1 aromatic rings. The Kier molecular flexibility index (Phi) is 5.03. The summed E-state index contributed by atoms with van der Waals surface area (Å²) < 4.78 is 13.1. The van der Waals surface area contributed by atoms with Crippen molar-refractivity contribution in [1.82, 2.24) is 10.6 Å². The van der Waals surface area contributed by atoms with Crippen LogP contribution in [0.3, 0.4) is 0 Å². The quantitative estimate of drug-likeness (QED) is 0.875. The fourth-order valence-electron chi connectivity index (χ4n) is 3.29. The molecule has 0 aromatic heterocycles. The predicted octanol–water partition coefficient (Wildman–Crippen LogP) is 2.46. The topological polar surface area (TPSA) is 41.1 Å². The molecule has 0 spiro atoms. The summed E-state index contributed by atoms with van der Waals surface area (Å²) in [6.07, 6.45) is 3.85. The molecule has 5 heteroatoms. The van der Waals surface area contributed by atoms with Crippen molar-refractivity contribution in [1.29, 1.82) is 0 Å². The van der Waals surface area contributed by atoms with Gasteiger partial charge in [-0.25, -0.2) is 4.39 Å². The number of thioether (sulfide) groups is 1. The third-order valence-electron chi connectivity index (χ3n) is 4.82. The Morgan fingerprint density at radius 3 is 2.73 bits per heavy atom. The van der Waals surface area contributed by atoms with E-state index in [1.54, 1.807) is 0 Å². The highest BCUT2D eigenvalue weighted by Crippen LogP contribution is 2.43. The molecule has 0 bridgehead atoms. The van der Waals surface area contributed by atoms with Crippen LogP contribution in [0.25, 0.3) is 0 Å². The Bertz CT molecular complexity index is 510. The van der Waals surface area contributed by atoms with Gasteiger partial charge in [0.2, 0.25) is 5.91 Å². The highest BCUT2D eigenvalue weighted by Gasteiger charge is 2.38. The monoisotopic (exact) mass is 322 g/mol. The van der Waals surface area contributed by atoms with Gasteiger partial charge in [0.1, 0.15) is 5.82 Å². The molecular weight excluding hydrogens is 299 g/mol. The summed E-state index contributed by atoms with van der Waals surface area (Å²) in [5.74, 6) is 2.05. The Balaban J connectivity index is 1.54. The van der Waals surface area contributed by atoms with Gasteiger partial charge in [-0.1, -0.05) is 18.6 Å². The van der Waals surface area contributed by atoms with Crippen molar-refractivity contribution in [2.24, 2.45) is 0 Å². The lowest BCUT2D eigenvalue weighted by Gasteiger charge is -2.42. The lowest BCUT2D eigenvalue weighted by atomic mass is 9.64. The van der Waals surface area contributed by atoms with E-state index in [9.17, 15) is 9.18 Å². The molecule has 1 heterocycles. The van der Waals surface area contributed by atoms with E-state index in [4.69, 9.17) is 0 Å². The van der Waals surface area contributed by atoms with Gasteiger partial charge in [0.25, 0.3) is 0 Å². The number of nitrogens with one attached hydrogen (secondary N) is 2. The van der Waals surface area contributed by atoms with Crippen LogP contribution in [0.5, 0.6) is 0 Å². The first-order valence-corrected chi connectivity index (χ1v) is 9.17. The van der Waals surface area contributed by atoms with E-state index in [-0.39, 0.29) is 17.1 Å². The molecule has 1 amide bonds. The Morgan fingerprint density at radius 1 is 1.36 bits per heavy atom. The summed E-state index contributed by atoms with van der Waals surface area (Å²) in [6, 6.07) is 7.04. The average Bonchev–Trinajstić information content (AvgIpc) is 2.49. The summed E-state index contributed by atoms with van der Waals surface area (Å²) in [5.41, 5.74) is 1.16. The summed E-state index contributed by atoms with van der Waals surface area (Å²) in [5, 5.41) is 6.49. The number of rotatable bonds is 5. The summed E-state index contributed by atoms with van der Waals surface area (Å²) in [7, 11) is 0.